The van der Waals surface area contributed by atoms with Crippen molar-refractivity contribution in [2.75, 3.05) is 18.7 Å². The van der Waals surface area contributed by atoms with Crippen LogP contribution >= 0.6 is 23.4 Å². The predicted octanol–water partition coefficient (Wildman–Crippen LogP) is 4.32. The molecule has 2 rings (SSSR count). The topological polar surface area (TPSA) is 38.3 Å². The van der Waals surface area contributed by atoms with Gasteiger partial charge in [0, 0.05) is 16.6 Å². The maximum absolute atomic E-state index is 12.3. The zero-order valence-corrected chi connectivity index (χ0v) is 12.7. The van der Waals surface area contributed by atoms with E-state index in [1.165, 1.54) is 0 Å². The number of ether oxygens (including phenoxy) is 1. The van der Waals surface area contributed by atoms with Crippen LogP contribution < -0.4 is 10.1 Å². The summed E-state index contributed by atoms with van der Waals surface area (Å²) in [6.07, 6.45) is 1.95. The summed E-state index contributed by atoms with van der Waals surface area (Å²) < 4.78 is 5.12. The molecule has 2 aromatic rings. The van der Waals surface area contributed by atoms with E-state index < -0.39 is 0 Å². The lowest BCUT2D eigenvalue weighted by Gasteiger charge is -2.09. The summed E-state index contributed by atoms with van der Waals surface area (Å²) in [4.78, 5) is 13.2. The van der Waals surface area contributed by atoms with Gasteiger partial charge < -0.3 is 10.1 Å². The third kappa shape index (κ3) is 3.46. The number of hydrogen-bond acceptors (Lipinski definition) is 3. The van der Waals surface area contributed by atoms with E-state index >= 15 is 0 Å². The van der Waals surface area contributed by atoms with Crippen LogP contribution in [0.15, 0.2) is 47.4 Å². The maximum atomic E-state index is 12.3. The van der Waals surface area contributed by atoms with E-state index in [0.29, 0.717) is 22.0 Å². The third-order valence-electron chi connectivity index (χ3n) is 2.75. The molecule has 20 heavy (non-hydrogen) atoms. The Morgan fingerprint density at radius 1 is 1.25 bits per heavy atom. The molecule has 0 fully saturated rings. The van der Waals surface area contributed by atoms with Gasteiger partial charge in [-0.2, -0.15) is 0 Å². The fraction of sp³-hybridized carbons (Fsp3) is 0.133. The van der Waals surface area contributed by atoms with Gasteiger partial charge in [0.1, 0.15) is 5.75 Å². The first-order chi connectivity index (χ1) is 9.63. The zero-order valence-electron chi connectivity index (χ0n) is 11.1. The number of amides is 1. The van der Waals surface area contributed by atoms with Crippen LogP contribution in [0.3, 0.4) is 0 Å². The fourth-order valence-electron chi connectivity index (χ4n) is 1.70. The van der Waals surface area contributed by atoms with E-state index in [1.54, 1.807) is 43.1 Å². The molecule has 0 aromatic heterocycles. The summed E-state index contributed by atoms with van der Waals surface area (Å²) in [5.41, 5.74) is 1.13. The van der Waals surface area contributed by atoms with Crippen LogP contribution in [0.2, 0.25) is 5.02 Å². The lowest BCUT2D eigenvalue weighted by Crippen LogP contribution is -2.12. The molecule has 1 amide bonds. The highest BCUT2D eigenvalue weighted by Gasteiger charge is 2.11. The number of carbonyl (C=O) groups excluding carboxylic acids is 1. The summed E-state index contributed by atoms with van der Waals surface area (Å²) in [6.45, 7) is 0. The SMILES string of the molecule is COc1cccc(NC(=O)c2cc(SC)ccc2Cl)c1. The molecule has 0 saturated heterocycles. The van der Waals surface area contributed by atoms with Gasteiger partial charge in [-0.05, 0) is 36.6 Å². The molecular weight excluding hydrogens is 294 g/mol. The average molecular weight is 308 g/mol. The van der Waals surface area contributed by atoms with Crippen LogP contribution in [0.25, 0.3) is 0 Å². The van der Waals surface area contributed by atoms with Gasteiger partial charge in [-0.25, -0.2) is 0 Å². The molecule has 0 aliphatic heterocycles. The molecule has 104 valence electrons. The Morgan fingerprint density at radius 3 is 2.75 bits per heavy atom. The minimum atomic E-state index is -0.237. The minimum absolute atomic E-state index is 0.237. The van der Waals surface area contributed by atoms with Gasteiger partial charge in [0.25, 0.3) is 5.91 Å². The summed E-state index contributed by atoms with van der Waals surface area (Å²) in [7, 11) is 1.58. The van der Waals surface area contributed by atoms with Crippen LogP contribution in [-0.2, 0) is 0 Å². The number of hydrogen-bond donors (Lipinski definition) is 1. The standard InChI is InChI=1S/C15H14ClNO2S/c1-19-11-5-3-4-10(8-11)17-15(18)13-9-12(20-2)6-7-14(13)16/h3-9H,1-2H3,(H,17,18). The van der Waals surface area contributed by atoms with Gasteiger partial charge in [-0.15, -0.1) is 11.8 Å². The number of anilines is 1. The first-order valence-electron chi connectivity index (χ1n) is 5.93. The van der Waals surface area contributed by atoms with Crippen molar-refractivity contribution in [1.29, 1.82) is 0 Å². The highest BCUT2D eigenvalue weighted by molar-refractivity contribution is 7.98. The second-order valence-electron chi connectivity index (χ2n) is 4.03. The number of nitrogens with one attached hydrogen (secondary N) is 1. The molecular formula is C15H14ClNO2S. The van der Waals surface area contributed by atoms with Gasteiger partial charge in [0.15, 0.2) is 0 Å². The van der Waals surface area contributed by atoms with E-state index in [9.17, 15) is 4.79 Å². The van der Waals surface area contributed by atoms with E-state index in [-0.39, 0.29) is 5.91 Å². The first-order valence-corrected chi connectivity index (χ1v) is 7.53. The lowest BCUT2D eigenvalue weighted by molar-refractivity contribution is 0.102. The molecule has 0 bridgehead atoms. The average Bonchev–Trinajstić information content (AvgIpc) is 2.47. The van der Waals surface area contributed by atoms with Crippen molar-refractivity contribution in [3.63, 3.8) is 0 Å². The second-order valence-corrected chi connectivity index (χ2v) is 5.32. The lowest BCUT2D eigenvalue weighted by atomic mass is 10.2. The van der Waals surface area contributed by atoms with E-state index in [2.05, 4.69) is 5.32 Å². The summed E-state index contributed by atoms with van der Waals surface area (Å²) in [6, 6.07) is 12.6. The number of thioether (sulfide) groups is 1. The molecule has 0 heterocycles. The second kappa shape index (κ2) is 6.68. The van der Waals surface area contributed by atoms with E-state index in [1.807, 2.05) is 24.5 Å². The molecule has 1 N–H and O–H groups in total. The van der Waals surface area contributed by atoms with E-state index in [4.69, 9.17) is 16.3 Å². The van der Waals surface area contributed by atoms with Crippen molar-refractivity contribution in [3.8, 4) is 5.75 Å². The molecule has 5 heteroatoms. The number of benzene rings is 2. The summed E-state index contributed by atoms with van der Waals surface area (Å²) in [5, 5.41) is 3.25. The smallest absolute Gasteiger partial charge is 0.257 e. The highest BCUT2D eigenvalue weighted by atomic mass is 35.5. The molecule has 0 saturated carbocycles. The van der Waals surface area contributed by atoms with E-state index in [0.717, 1.165) is 4.90 Å². The zero-order chi connectivity index (χ0) is 14.5. The maximum Gasteiger partial charge on any atom is 0.257 e. The molecule has 0 unspecified atom stereocenters. The first kappa shape index (κ1) is 14.8. The molecule has 0 spiro atoms. The van der Waals surface area contributed by atoms with Crippen LogP contribution in [0.4, 0.5) is 5.69 Å². The molecule has 3 nitrogen and oxygen atoms in total. The minimum Gasteiger partial charge on any atom is -0.497 e. The Kier molecular flexibility index (Phi) is 4.93. The van der Waals surface area contributed by atoms with Crippen molar-refractivity contribution >= 4 is 35.0 Å². The largest absolute Gasteiger partial charge is 0.497 e. The van der Waals surface area contributed by atoms with Crippen LogP contribution in [-0.4, -0.2) is 19.3 Å². The van der Waals surface area contributed by atoms with Gasteiger partial charge in [0.2, 0.25) is 0 Å². The molecule has 0 atom stereocenters. The van der Waals surface area contributed by atoms with Crippen molar-refractivity contribution in [1.82, 2.24) is 0 Å². The van der Waals surface area contributed by atoms with Crippen LogP contribution in [0, 0.1) is 0 Å². The number of methoxy groups -OCH3 is 1. The van der Waals surface area contributed by atoms with Gasteiger partial charge >= 0.3 is 0 Å². The molecule has 2 aromatic carbocycles. The predicted molar refractivity (Wildman–Crippen MR) is 84.2 cm³/mol. The third-order valence-corrected chi connectivity index (χ3v) is 3.80. The quantitative estimate of drug-likeness (QED) is 0.855. The van der Waals surface area contributed by atoms with Crippen molar-refractivity contribution < 1.29 is 9.53 Å². The van der Waals surface area contributed by atoms with Gasteiger partial charge in [-0.1, -0.05) is 17.7 Å². The number of carbonyl (C=O) groups is 1. The Morgan fingerprint density at radius 2 is 2.05 bits per heavy atom. The molecule has 0 radical (unpaired) electrons. The normalized spacial score (nSPS) is 10.2. The van der Waals surface area contributed by atoms with Crippen LogP contribution in [0.1, 0.15) is 10.4 Å². The fourth-order valence-corrected chi connectivity index (χ4v) is 2.35. The number of rotatable bonds is 4. The van der Waals surface area contributed by atoms with Crippen LogP contribution in [0.5, 0.6) is 5.75 Å². The number of halogens is 1. The Hall–Kier alpha value is -1.65. The summed E-state index contributed by atoms with van der Waals surface area (Å²) >= 11 is 7.64. The summed E-state index contributed by atoms with van der Waals surface area (Å²) in [5.74, 6) is 0.450. The highest BCUT2D eigenvalue weighted by Crippen LogP contribution is 2.24. The Balaban J connectivity index is 2.23. The molecule has 0 aliphatic carbocycles. The monoisotopic (exact) mass is 307 g/mol. The Bertz CT molecular complexity index is 631. The van der Waals surface area contributed by atoms with Crippen molar-refractivity contribution in [3.05, 3.63) is 53.1 Å². The van der Waals surface area contributed by atoms with Crippen molar-refractivity contribution in [2.24, 2.45) is 0 Å². The van der Waals surface area contributed by atoms with Crippen molar-refractivity contribution in [2.45, 2.75) is 4.90 Å². The Labute approximate surface area is 127 Å². The van der Waals surface area contributed by atoms with Gasteiger partial charge in [-0.3, -0.25) is 4.79 Å². The van der Waals surface area contributed by atoms with Gasteiger partial charge in [0.05, 0.1) is 17.7 Å². The molecule has 0 aliphatic rings.